The first-order valence-electron chi connectivity index (χ1n) is 13.2. The molecule has 1 aromatic heterocycles. The Morgan fingerprint density at radius 2 is 2.00 bits per heavy atom. The predicted molar refractivity (Wildman–Crippen MR) is 158 cm³/mol. The minimum atomic E-state index is -0.309. The Kier molecular flexibility index (Phi) is 7.79. The van der Waals surface area contributed by atoms with Gasteiger partial charge in [0.2, 0.25) is 0 Å². The van der Waals surface area contributed by atoms with Crippen molar-refractivity contribution in [3.8, 4) is 6.07 Å². The highest BCUT2D eigenvalue weighted by Gasteiger charge is 2.24. The number of aryl methyl sites for hydroxylation is 1. The molecule has 0 unspecified atom stereocenters. The number of Topliss-reactive ketones (excluding diaryl/α,β-unsaturated/α-hetero) is 1. The highest BCUT2D eigenvalue weighted by Crippen LogP contribution is 2.32. The number of allylic oxidation sites excluding steroid dienone is 3. The van der Waals surface area contributed by atoms with E-state index in [2.05, 4.69) is 26.7 Å². The summed E-state index contributed by atoms with van der Waals surface area (Å²) in [4.78, 5) is 34.2. The molecule has 0 saturated heterocycles. The standard InChI is InChI=1S/C33H29N5O2/c1-21-5-8-26(9-6-21)22(2)38-33(40)30-16-25(18-34)20-37-32(30)36-12-3-4-23-7-10-28-27(14-23)17-31(39)29(28)15-24-11-13-35-19-24/h3-10,13-16,19-20,22H,11-12,17H2,1-2H3,(H,36,37)(H,38,40)/b4-3+,29-15-/t22-/m0/s1. The number of aliphatic imine (C=N–C) groups is 1. The molecule has 0 spiro atoms. The van der Waals surface area contributed by atoms with Crippen LogP contribution in [0.3, 0.4) is 0 Å². The Morgan fingerprint density at radius 3 is 2.75 bits per heavy atom. The summed E-state index contributed by atoms with van der Waals surface area (Å²) in [6.45, 7) is 4.36. The van der Waals surface area contributed by atoms with Crippen LogP contribution in [0.1, 0.15) is 63.1 Å². The van der Waals surface area contributed by atoms with Gasteiger partial charge in [0.05, 0.1) is 17.2 Å². The lowest BCUT2D eigenvalue weighted by Gasteiger charge is -2.16. The van der Waals surface area contributed by atoms with E-state index in [0.29, 0.717) is 29.9 Å². The van der Waals surface area contributed by atoms with Crippen LogP contribution in [0.2, 0.25) is 0 Å². The van der Waals surface area contributed by atoms with Crippen molar-refractivity contribution in [3.63, 3.8) is 0 Å². The summed E-state index contributed by atoms with van der Waals surface area (Å²) in [6.07, 6.45) is 12.1. The number of carbonyl (C=O) groups is 2. The van der Waals surface area contributed by atoms with Crippen LogP contribution in [0.25, 0.3) is 11.6 Å². The van der Waals surface area contributed by atoms with Crippen molar-refractivity contribution >= 4 is 35.4 Å². The van der Waals surface area contributed by atoms with Crippen LogP contribution in [0.15, 0.2) is 83.6 Å². The summed E-state index contributed by atoms with van der Waals surface area (Å²) < 4.78 is 0. The van der Waals surface area contributed by atoms with Gasteiger partial charge in [-0.15, -0.1) is 0 Å². The Hall–Kier alpha value is -5.09. The first-order chi connectivity index (χ1) is 19.4. The molecule has 40 heavy (non-hydrogen) atoms. The molecule has 0 saturated carbocycles. The fraction of sp³-hybridized carbons (Fsp3) is 0.182. The van der Waals surface area contributed by atoms with Crippen LogP contribution in [0.5, 0.6) is 0 Å². The van der Waals surface area contributed by atoms with E-state index in [0.717, 1.165) is 45.4 Å². The maximum Gasteiger partial charge on any atom is 0.255 e. The second-order valence-corrected chi connectivity index (χ2v) is 9.94. The first kappa shape index (κ1) is 26.5. The average molecular weight is 528 g/mol. The molecule has 1 aliphatic heterocycles. The molecule has 2 aliphatic rings. The number of anilines is 1. The molecule has 2 heterocycles. The molecule has 5 rings (SSSR count). The molecular formula is C33H29N5O2. The van der Waals surface area contributed by atoms with Gasteiger partial charge in [-0.3, -0.25) is 14.6 Å². The van der Waals surface area contributed by atoms with E-state index < -0.39 is 0 Å². The summed E-state index contributed by atoms with van der Waals surface area (Å²) in [7, 11) is 0. The van der Waals surface area contributed by atoms with Gasteiger partial charge in [0, 0.05) is 43.6 Å². The number of amides is 1. The molecule has 0 radical (unpaired) electrons. The SMILES string of the molecule is Cc1ccc([C@H](C)NC(=O)c2cc(C#N)cnc2NC/C=C/c2ccc3c(c2)CC(=O)/C3=C\C2=CN=CC2)cc1. The number of nitrogens with zero attached hydrogens (tertiary/aromatic N) is 3. The third-order valence-corrected chi connectivity index (χ3v) is 6.96. The van der Waals surface area contributed by atoms with Gasteiger partial charge < -0.3 is 10.6 Å². The Morgan fingerprint density at radius 1 is 1.18 bits per heavy atom. The van der Waals surface area contributed by atoms with Crippen molar-refractivity contribution in [1.29, 1.82) is 5.26 Å². The fourth-order valence-electron chi connectivity index (χ4n) is 4.75. The molecule has 1 aliphatic carbocycles. The molecule has 2 N–H and O–H groups in total. The van der Waals surface area contributed by atoms with Gasteiger partial charge >= 0.3 is 0 Å². The van der Waals surface area contributed by atoms with E-state index in [9.17, 15) is 14.9 Å². The highest BCUT2D eigenvalue weighted by molar-refractivity contribution is 6.26. The maximum absolute atomic E-state index is 13.1. The van der Waals surface area contributed by atoms with E-state index in [1.54, 1.807) is 12.3 Å². The minimum absolute atomic E-state index is 0.125. The van der Waals surface area contributed by atoms with Crippen LogP contribution in [0, 0.1) is 18.3 Å². The van der Waals surface area contributed by atoms with Crippen molar-refractivity contribution < 1.29 is 9.59 Å². The summed E-state index contributed by atoms with van der Waals surface area (Å²) in [6, 6.07) is 17.4. The van der Waals surface area contributed by atoms with Gasteiger partial charge in [0.1, 0.15) is 11.9 Å². The number of nitrogens with one attached hydrogen (secondary N) is 2. The van der Waals surface area contributed by atoms with Crippen molar-refractivity contribution in [2.24, 2.45) is 4.99 Å². The maximum atomic E-state index is 13.1. The summed E-state index contributed by atoms with van der Waals surface area (Å²) in [5.41, 5.74) is 7.53. The quantitative estimate of drug-likeness (QED) is 0.363. The minimum Gasteiger partial charge on any atom is -0.366 e. The third kappa shape index (κ3) is 5.97. The lowest BCUT2D eigenvalue weighted by atomic mass is 10.0. The number of aromatic nitrogens is 1. The Bertz CT molecular complexity index is 1640. The molecule has 1 amide bonds. The molecule has 2 aromatic carbocycles. The topological polar surface area (TPSA) is 107 Å². The first-order valence-corrected chi connectivity index (χ1v) is 13.2. The number of fused-ring (bicyclic) bond motifs is 1. The smallest absolute Gasteiger partial charge is 0.255 e. The molecule has 7 nitrogen and oxygen atoms in total. The zero-order valence-electron chi connectivity index (χ0n) is 22.4. The number of hydrogen-bond donors (Lipinski definition) is 2. The highest BCUT2D eigenvalue weighted by atomic mass is 16.1. The number of nitriles is 1. The zero-order valence-corrected chi connectivity index (χ0v) is 22.4. The van der Waals surface area contributed by atoms with Gasteiger partial charge in [-0.2, -0.15) is 5.26 Å². The van der Waals surface area contributed by atoms with Crippen LogP contribution in [-0.2, 0) is 11.2 Å². The van der Waals surface area contributed by atoms with E-state index in [4.69, 9.17) is 0 Å². The monoisotopic (exact) mass is 527 g/mol. The summed E-state index contributed by atoms with van der Waals surface area (Å²) >= 11 is 0. The van der Waals surface area contributed by atoms with Crippen LogP contribution < -0.4 is 10.6 Å². The van der Waals surface area contributed by atoms with Crippen LogP contribution in [0.4, 0.5) is 5.82 Å². The van der Waals surface area contributed by atoms with Gasteiger partial charge in [0.15, 0.2) is 5.78 Å². The van der Waals surface area contributed by atoms with Crippen molar-refractivity contribution in [1.82, 2.24) is 10.3 Å². The molecule has 198 valence electrons. The molecule has 0 fully saturated rings. The third-order valence-electron chi connectivity index (χ3n) is 6.96. The van der Waals surface area contributed by atoms with E-state index in [1.807, 2.05) is 80.8 Å². The largest absolute Gasteiger partial charge is 0.366 e. The number of carbonyl (C=O) groups excluding carboxylic acids is 2. The number of ketones is 1. The normalized spacial score (nSPS) is 15.7. The second-order valence-electron chi connectivity index (χ2n) is 9.94. The number of benzene rings is 2. The Labute approximate surface area is 233 Å². The molecule has 1 atom stereocenters. The second kappa shape index (κ2) is 11.7. The van der Waals surface area contributed by atoms with Crippen molar-refractivity contribution in [2.75, 3.05) is 11.9 Å². The van der Waals surface area contributed by atoms with Crippen LogP contribution in [-0.4, -0.2) is 29.4 Å². The van der Waals surface area contributed by atoms with Gasteiger partial charge in [-0.25, -0.2) is 4.98 Å². The molecule has 3 aromatic rings. The van der Waals surface area contributed by atoms with Gasteiger partial charge in [-0.05, 0) is 53.8 Å². The lowest BCUT2D eigenvalue weighted by Crippen LogP contribution is -2.28. The molecular weight excluding hydrogens is 498 g/mol. The Balaban J connectivity index is 1.25. The lowest BCUT2D eigenvalue weighted by molar-refractivity contribution is -0.112. The number of rotatable bonds is 8. The van der Waals surface area contributed by atoms with Gasteiger partial charge in [-0.1, -0.05) is 60.2 Å². The van der Waals surface area contributed by atoms with Crippen molar-refractivity contribution in [2.45, 2.75) is 32.7 Å². The van der Waals surface area contributed by atoms with Crippen molar-refractivity contribution in [3.05, 3.63) is 118 Å². The fourth-order valence-corrected chi connectivity index (χ4v) is 4.75. The summed E-state index contributed by atoms with van der Waals surface area (Å²) in [5.74, 6) is 0.216. The number of pyridine rings is 1. The van der Waals surface area contributed by atoms with Gasteiger partial charge in [0.25, 0.3) is 5.91 Å². The molecule has 7 heteroatoms. The van der Waals surface area contributed by atoms with E-state index in [1.165, 1.54) is 6.20 Å². The van der Waals surface area contributed by atoms with E-state index in [-0.39, 0.29) is 17.7 Å². The molecule has 0 bridgehead atoms. The number of hydrogen-bond acceptors (Lipinski definition) is 6. The van der Waals surface area contributed by atoms with Crippen LogP contribution >= 0.6 is 0 Å². The van der Waals surface area contributed by atoms with E-state index >= 15 is 0 Å². The average Bonchev–Trinajstić information content (AvgIpc) is 3.58. The summed E-state index contributed by atoms with van der Waals surface area (Å²) in [5, 5.41) is 15.5. The zero-order chi connectivity index (χ0) is 28.1. The predicted octanol–water partition coefficient (Wildman–Crippen LogP) is 5.75.